The maximum Gasteiger partial charge on any atom is 0.235 e. The number of hydrogen-bond acceptors (Lipinski definition) is 4. The molecule has 1 fully saturated rings. The molecule has 2 atom stereocenters. The van der Waals surface area contributed by atoms with Gasteiger partial charge in [-0.05, 0) is 31.8 Å². The number of sulfone groups is 1. The van der Waals surface area contributed by atoms with Gasteiger partial charge >= 0.3 is 0 Å². The Hall–Kier alpha value is -0.620. The van der Waals surface area contributed by atoms with E-state index in [0.717, 1.165) is 32.4 Å². The third-order valence-electron chi connectivity index (χ3n) is 3.54. The van der Waals surface area contributed by atoms with Gasteiger partial charge in [-0.2, -0.15) is 0 Å². The monoisotopic (exact) mass is 290 g/mol. The zero-order valence-corrected chi connectivity index (χ0v) is 12.8. The number of hydrogen-bond donors (Lipinski definition) is 2. The Bertz CT molecular complexity index is 381. The van der Waals surface area contributed by atoms with E-state index in [1.54, 1.807) is 0 Å². The number of rotatable bonds is 7. The average molecular weight is 290 g/mol. The Morgan fingerprint density at radius 3 is 2.74 bits per heavy atom. The highest BCUT2D eigenvalue weighted by molar-refractivity contribution is 7.92. The second-order valence-electron chi connectivity index (χ2n) is 5.44. The molecule has 1 heterocycles. The molecule has 112 valence electrons. The molecule has 1 rings (SSSR count). The molecule has 0 aromatic heterocycles. The van der Waals surface area contributed by atoms with Crippen LogP contribution in [0.2, 0.25) is 0 Å². The summed E-state index contributed by atoms with van der Waals surface area (Å²) in [6, 6.07) is 0.0968. The van der Waals surface area contributed by atoms with Crippen molar-refractivity contribution in [2.75, 3.05) is 24.6 Å². The van der Waals surface area contributed by atoms with Gasteiger partial charge in [0.05, 0.1) is 5.75 Å². The van der Waals surface area contributed by atoms with Crippen molar-refractivity contribution in [3.05, 3.63) is 0 Å². The summed E-state index contributed by atoms with van der Waals surface area (Å²) in [6.07, 6.45) is 3.39. The van der Waals surface area contributed by atoms with Crippen LogP contribution in [-0.2, 0) is 14.6 Å². The van der Waals surface area contributed by atoms with Gasteiger partial charge in [-0.3, -0.25) is 4.79 Å². The third-order valence-corrected chi connectivity index (χ3v) is 5.15. The van der Waals surface area contributed by atoms with Crippen LogP contribution in [0.5, 0.6) is 0 Å². The zero-order chi connectivity index (χ0) is 14.3. The van der Waals surface area contributed by atoms with Crippen LogP contribution in [0.15, 0.2) is 0 Å². The van der Waals surface area contributed by atoms with E-state index >= 15 is 0 Å². The zero-order valence-electron chi connectivity index (χ0n) is 11.9. The fourth-order valence-corrected chi connectivity index (χ4v) is 3.59. The standard InChI is InChI=1S/C13H26N2O3S/c1-3-4-5-8-19(17,18)10-13(16)15-12-6-7-14-9-11(12)2/h11-12,14H,3-10H2,1-2H3,(H,15,16). The molecule has 1 amide bonds. The van der Waals surface area contributed by atoms with E-state index in [1.807, 2.05) is 6.92 Å². The lowest BCUT2D eigenvalue weighted by Gasteiger charge is -2.30. The van der Waals surface area contributed by atoms with Crippen LogP contribution in [0, 0.1) is 5.92 Å². The molecule has 0 aliphatic carbocycles. The lowest BCUT2D eigenvalue weighted by Crippen LogP contribution is -2.49. The second kappa shape index (κ2) is 7.85. The Kier molecular flexibility index (Phi) is 6.79. The minimum Gasteiger partial charge on any atom is -0.352 e. The smallest absolute Gasteiger partial charge is 0.235 e. The summed E-state index contributed by atoms with van der Waals surface area (Å²) in [5.41, 5.74) is 0. The predicted octanol–water partition coefficient (Wildman–Crippen LogP) is 0.706. The molecule has 0 radical (unpaired) electrons. The highest BCUT2D eigenvalue weighted by Crippen LogP contribution is 2.10. The molecule has 1 aliphatic heterocycles. The fraction of sp³-hybridized carbons (Fsp3) is 0.923. The normalized spacial score (nSPS) is 24.1. The summed E-state index contributed by atoms with van der Waals surface area (Å²) >= 11 is 0. The first-order valence-corrected chi connectivity index (χ1v) is 8.97. The van der Waals surface area contributed by atoms with Crippen LogP contribution in [0.1, 0.15) is 39.5 Å². The summed E-state index contributed by atoms with van der Waals surface area (Å²) in [4.78, 5) is 11.8. The van der Waals surface area contributed by atoms with Crippen LogP contribution in [0.4, 0.5) is 0 Å². The topological polar surface area (TPSA) is 75.3 Å². The van der Waals surface area contributed by atoms with Gasteiger partial charge < -0.3 is 10.6 Å². The summed E-state index contributed by atoms with van der Waals surface area (Å²) in [6.45, 7) is 5.83. The van der Waals surface area contributed by atoms with Gasteiger partial charge in [0.25, 0.3) is 0 Å². The lowest BCUT2D eigenvalue weighted by molar-refractivity contribution is -0.119. The molecule has 0 spiro atoms. The maximum absolute atomic E-state index is 11.8. The molecule has 2 N–H and O–H groups in total. The molecule has 2 unspecified atom stereocenters. The molecule has 0 aromatic rings. The SMILES string of the molecule is CCCCCS(=O)(=O)CC(=O)NC1CCNCC1C. The fourth-order valence-electron chi connectivity index (χ4n) is 2.32. The van der Waals surface area contributed by atoms with Crippen molar-refractivity contribution in [1.29, 1.82) is 0 Å². The average Bonchev–Trinajstić information content (AvgIpc) is 2.31. The lowest BCUT2D eigenvalue weighted by atomic mass is 9.95. The van der Waals surface area contributed by atoms with Gasteiger partial charge in [0.2, 0.25) is 5.91 Å². The van der Waals surface area contributed by atoms with E-state index in [9.17, 15) is 13.2 Å². The minimum absolute atomic E-state index is 0.0968. The van der Waals surface area contributed by atoms with Gasteiger partial charge in [0.15, 0.2) is 9.84 Å². The first kappa shape index (κ1) is 16.4. The van der Waals surface area contributed by atoms with Gasteiger partial charge in [0.1, 0.15) is 5.75 Å². The van der Waals surface area contributed by atoms with Crippen LogP contribution in [-0.4, -0.2) is 45.0 Å². The number of carbonyl (C=O) groups is 1. The van der Waals surface area contributed by atoms with Gasteiger partial charge in [0, 0.05) is 6.04 Å². The number of nitrogens with one attached hydrogen (secondary N) is 2. The van der Waals surface area contributed by atoms with Crippen LogP contribution in [0.25, 0.3) is 0 Å². The third kappa shape index (κ3) is 6.38. The van der Waals surface area contributed by atoms with E-state index in [4.69, 9.17) is 0 Å². The number of amides is 1. The summed E-state index contributed by atoms with van der Waals surface area (Å²) in [5, 5.41) is 6.11. The highest BCUT2D eigenvalue weighted by Gasteiger charge is 2.24. The van der Waals surface area contributed by atoms with Crippen LogP contribution < -0.4 is 10.6 Å². The molecule has 0 bridgehead atoms. The van der Waals surface area contributed by atoms with E-state index in [-0.39, 0.29) is 23.5 Å². The number of piperidine rings is 1. The Morgan fingerprint density at radius 1 is 1.37 bits per heavy atom. The Labute approximate surface area is 116 Å². The molecule has 1 saturated heterocycles. The van der Waals surface area contributed by atoms with Crippen molar-refractivity contribution in [3.63, 3.8) is 0 Å². The molecule has 5 nitrogen and oxygen atoms in total. The summed E-state index contributed by atoms with van der Waals surface area (Å²) in [7, 11) is -3.25. The van der Waals surface area contributed by atoms with Crippen molar-refractivity contribution in [3.8, 4) is 0 Å². The van der Waals surface area contributed by atoms with Gasteiger partial charge in [-0.1, -0.05) is 26.7 Å². The molecule has 19 heavy (non-hydrogen) atoms. The van der Waals surface area contributed by atoms with Gasteiger partial charge in [-0.15, -0.1) is 0 Å². The van der Waals surface area contributed by atoms with Crippen molar-refractivity contribution in [1.82, 2.24) is 10.6 Å². The quantitative estimate of drug-likeness (QED) is 0.677. The van der Waals surface area contributed by atoms with Crippen molar-refractivity contribution >= 4 is 15.7 Å². The Morgan fingerprint density at radius 2 is 2.11 bits per heavy atom. The number of unbranched alkanes of at least 4 members (excludes halogenated alkanes) is 2. The second-order valence-corrected chi connectivity index (χ2v) is 7.63. The predicted molar refractivity (Wildman–Crippen MR) is 76.8 cm³/mol. The molecule has 1 aliphatic rings. The first-order chi connectivity index (χ1) is 8.94. The highest BCUT2D eigenvalue weighted by atomic mass is 32.2. The summed E-state index contributed by atoms with van der Waals surface area (Å²) in [5.74, 6) is -0.251. The summed E-state index contributed by atoms with van der Waals surface area (Å²) < 4.78 is 23.5. The number of carbonyl (C=O) groups excluding carboxylic acids is 1. The van der Waals surface area contributed by atoms with Crippen molar-refractivity contribution in [2.45, 2.75) is 45.6 Å². The molecule has 0 saturated carbocycles. The van der Waals surface area contributed by atoms with E-state index < -0.39 is 9.84 Å². The van der Waals surface area contributed by atoms with E-state index in [1.165, 1.54) is 0 Å². The molecular weight excluding hydrogens is 264 g/mol. The molecule has 6 heteroatoms. The molecule has 0 aromatic carbocycles. The largest absolute Gasteiger partial charge is 0.352 e. The Balaban J connectivity index is 2.37. The van der Waals surface area contributed by atoms with Crippen molar-refractivity contribution < 1.29 is 13.2 Å². The van der Waals surface area contributed by atoms with Crippen LogP contribution >= 0.6 is 0 Å². The van der Waals surface area contributed by atoms with E-state index in [0.29, 0.717) is 12.3 Å². The van der Waals surface area contributed by atoms with Crippen LogP contribution in [0.3, 0.4) is 0 Å². The minimum atomic E-state index is -3.25. The van der Waals surface area contributed by atoms with Crippen molar-refractivity contribution in [2.24, 2.45) is 5.92 Å². The van der Waals surface area contributed by atoms with E-state index in [2.05, 4.69) is 17.6 Å². The molecular formula is C13H26N2O3S. The van der Waals surface area contributed by atoms with Gasteiger partial charge in [-0.25, -0.2) is 8.42 Å². The maximum atomic E-state index is 11.8. The first-order valence-electron chi connectivity index (χ1n) is 7.15.